The zero-order valence-corrected chi connectivity index (χ0v) is 13.6. The zero-order chi connectivity index (χ0) is 14.6. The lowest BCUT2D eigenvalue weighted by Crippen LogP contribution is -2.33. The minimum atomic E-state index is -3.24. The first-order valence-electron chi connectivity index (χ1n) is 6.43. The Morgan fingerprint density at radius 2 is 1.95 bits per heavy atom. The third-order valence-electron chi connectivity index (χ3n) is 3.16. The minimum Gasteiger partial charge on any atom is -0.389 e. The van der Waals surface area contributed by atoms with Crippen LogP contribution in [-0.2, 0) is 15.8 Å². The first kappa shape index (κ1) is 15.8. The molecule has 7 heteroatoms. The highest BCUT2D eigenvalue weighted by Crippen LogP contribution is 2.17. The maximum atomic E-state index is 12.4. The van der Waals surface area contributed by atoms with E-state index in [0.717, 1.165) is 29.1 Å². The Hall–Kier alpha value is -0.630. The first-order valence-corrected chi connectivity index (χ1v) is 9.60. The summed E-state index contributed by atoms with van der Waals surface area (Å²) in [5.74, 6) is 1.95. The van der Waals surface area contributed by atoms with Crippen molar-refractivity contribution in [1.82, 2.24) is 4.31 Å². The molecule has 1 heterocycles. The number of hydrogen-bond acceptors (Lipinski definition) is 4. The van der Waals surface area contributed by atoms with E-state index in [4.69, 9.17) is 18.0 Å². The predicted molar refractivity (Wildman–Crippen MR) is 88.5 cm³/mol. The van der Waals surface area contributed by atoms with Crippen LogP contribution in [0.3, 0.4) is 0 Å². The maximum Gasteiger partial charge on any atom is 0.218 e. The minimum absolute atomic E-state index is 0.0370. The van der Waals surface area contributed by atoms with E-state index in [1.54, 1.807) is 28.6 Å². The molecule has 0 unspecified atom stereocenters. The van der Waals surface area contributed by atoms with Crippen LogP contribution in [0.5, 0.6) is 0 Å². The summed E-state index contributed by atoms with van der Waals surface area (Å²) in [5, 5.41) is 0. The number of benzene rings is 1. The van der Waals surface area contributed by atoms with Crippen molar-refractivity contribution in [3.05, 3.63) is 35.4 Å². The second-order valence-corrected chi connectivity index (χ2v) is 8.32. The van der Waals surface area contributed by atoms with Gasteiger partial charge in [-0.1, -0.05) is 36.5 Å². The van der Waals surface area contributed by atoms with Gasteiger partial charge in [0.05, 0.1) is 5.75 Å². The van der Waals surface area contributed by atoms with Crippen LogP contribution in [0, 0.1) is 0 Å². The van der Waals surface area contributed by atoms with E-state index in [-0.39, 0.29) is 5.75 Å². The van der Waals surface area contributed by atoms with Gasteiger partial charge in [-0.15, -0.1) is 0 Å². The van der Waals surface area contributed by atoms with Gasteiger partial charge < -0.3 is 5.73 Å². The third kappa shape index (κ3) is 4.18. The molecular formula is C13H18N2O2S3. The highest BCUT2D eigenvalue weighted by Gasteiger charge is 2.23. The summed E-state index contributed by atoms with van der Waals surface area (Å²) in [4.78, 5) is 0.323. The van der Waals surface area contributed by atoms with E-state index in [2.05, 4.69) is 0 Å². The van der Waals surface area contributed by atoms with Gasteiger partial charge in [0, 0.05) is 24.4 Å². The van der Waals surface area contributed by atoms with Gasteiger partial charge >= 0.3 is 0 Å². The molecular weight excluding hydrogens is 312 g/mol. The average molecular weight is 330 g/mol. The molecule has 110 valence electrons. The van der Waals surface area contributed by atoms with Gasteiger partial charge in [0.25, 0.3) is 0 Å². The molecule has 1 saturated heterocycles. The molecule has 2 N–H and O–H groups in total. The first-order chi connectivity index (χ1) is 9.49. The highest BCUT2D eigenvalue weighted by atomic mass is 32.2. The number of thiocarbonyl (C=S) groups is 1. The lowest BCUT2D eigenvalue weighted by Gasteiger charge is -2.19. The van der Waals surface area contributed by atoms with Gasteiger partial charge in [-0.05, 0) is 17.7 Å². The van der Waals surface area contributed by atoms with Crippen LogP contribution in [0.2, 0.25) is 0 Å². The van der Waals surface area contributed by atoms with Crippen LogP contribution in [0.4, 0.5) is 0 Å². The molecule has 20 heavy (non-hydrogen) atoms. The Bertz CT molecular complexity index is 562. The number of nitrogens with two attached hydrogens (primary N) is 1. The molecule has 0 saturated carbocycles. The van der Waals surface area contributed by atoms with Crippen LogP contribution in [-0.4, -0.2) is 42.3 Å². The summed E-state index contributed by atoms with van der Waals surface area (Å²) < 4.78 is 26.4. The second kappa shape index (κ2) is 6.89. The molecule has 0 atom stereocenters. The van der Waals surface area contributed by atoms with Gasteiger partial charge in [-0.3, -0.25) is 0 Å². The third-order valence-corrected chi connectivity index (χ3v) is 6.30. The van der Waals surface area contributed by atoms with E-state index >= 15 is 0 Å². The Morgan fingerprint density at radius 3 is 2.60 bits per heavy atom. The van der Waals surface area contributed by atoms with Gasteiger partial charge in [0.1, 0.15) is 4.99 Å². The molecule has 1 aromatic rings. The smallest absolute Gasteiger partial charge is 0.218 e. The fourth-order valence-corrected chi connectivity index (χ4v) is 4.78. The second-order valence-electron chi connectivity index (χ2n) is 4.68. The summed E-state index contributed by atoms with van der Waals surface area (Å²) in [6.07, 6.45) is 0.921. The highest BCUT2D eigenvalue weighted by molar-refractivity contribution is 7.99. The molecule has 1 fully saturated rings. The molecule has 0 aliphatic carbocycles. The SMILES string of the molecule is NC(=S)c1ccc(CS(=O)(=O)N2CCCSCC2)cc1. The van der Waals surface area contributed by atoms with Crippen molar-refractivity contribution < 1.29 is 8.42 Å². The predicted octanol–water partition coefficient (Wildman–Crippen LogP) is 1.59. The van der Waals surface area contributed by atoms with E-state index < -0.39 is 10.0 Å². The summed E-state index contributed by atoms with van der Waals surface area (Å²) in [6, 6.07) is 7.09. The monoisotopic (exact) mass is 330 g/mol. The lowest BCUT2D eigenvalue weighted by atomic mass is 10.1. The number of thioether (sulfide) groups is 1. The van der Waals surface area contributed by atoms with Gasteiger partial charge in [-0.25, -0.2) is 12.7 Å². The molecule has 1 aromatic carbocycles. The van der Waals surface area contributed by atoms with Crippen molar-refractivity contribution in [3.63, 3.8) is 0 Å². The van der Waals surface area contributed by atoms with Crippen molar-refractivity contribution in [2.45, 2.75) is 12.2 Å². The molecule has 0 amide bonds. The van der Waals surface area contributed by atoms with E-state index in [0.29, 0.717) is 18.1 Å². The van der Waals surface area contributed by atoms with Gasteiger partial charge in [0.2, 0.25) is 10.0 Å². The van der Waals surface area contributed by atoms with Crippen LogP contribution >= 0.6 is 24.0 Å². The quantitative estimate of drug-likeness (QED) is 0.850. The lowest BCUT2D eigenvalue weighted by molar-refractivity contribution is 0.434. The Labute approximate surface area is 129 Å². The van der Waals surface area contributed by atoms with Crippen molar-refractivity contribution >= 4 is 39.0 Å². The van der Waals surface area contributed by atoms with E-state index in [9.17, 15) is 8.42 Å². The number of hydrogen-bond donors (Lipinski definition) is 1. The van der Waals surface area contributed by atoms with Crippen molar-refractivity contribution in [1.29, 1.82) is 0 Å². The van der Waals surface area contributed by atoms with Crippen molar-refractivity contribution in [2.75, 3.05) is 24.6 Å². The van der Waals surface area contributed by atoms with Crippen LogP contribution in [0.15, 0.2) is 24.3 Å². The molecule has 0 radical (unpaired) electrons. The molecule has 0 bridgehead atoms. The molecule has 1 aliphatic rings. The fraction of sp³-hybridized carbons (Fsp3) is 0.462. The largest absolute Gasteiger partial charge is 0.389 e. The Morgan fingerprint density at radius 1 is 1.25 bits per heavy atom. The van der Waals surface area contributed by atoms with Gasteiger partial charge in [-0.2, -0.15) is 11.8 Å². The average Bonchev–Trinajstić information content (AvgIpc) is 2.68. The van der Waals surface area contributed by atoms with Crippen LogP contribution < -0.4 is 5.73 Å². The molecule has 2 rings (SSSR count). The topological polar surface area (TPSA) is 63.4 Å². The van der Waals surface area contributed by atoms with Crippen molar-refractivity contribution in [2.24, 2.45) is 5.73 Å². The maximum absolute atomic E-state index is 12.4. The fourth-order valence-electron chi connectivity index (χ4n) is 2.07. The number of sulfonamides is 1. The summed E-state index contributed by atoms with van der Waals surface area (Å²) in [6.45, 7) is 1.23. The van der Waals surface area contributed by atoms with Crippen molar-refractivity contribution in [3.8, 4) is 0 Å². The number of nitrogens with zero attached hydrogens (tertiary/aromatic N) is 1. The van der Waals surface area contributed by atoms with Crippen LogP contribution in [0.25, 0.3) is 0 Å². The molecule has 0 spiro atoms. The molecule has 4 nitrogen and oxygen atoms in total. The summed E-state index contributed by atoms with van der Waals surface area (Å²) in [5.41, 5.74) is 7.05. The summed E-state index contributed by atoms with van der Waals surface area (Å²) >= 11 is 6.69. The molecule has 0 aromatic heterocycles. The normalized spacial score (nSPS) is 17.6. The van der Waals surface area contributed by atoms with Gasteiger partial charge in [0.15, 0.2) is 0 Å². The number of rotatable bonds is 4. The summed E-state index contributed by atoms with van der Waals surface area (Å²) in [7, 11) is -3.24. The zero-order valence-electron chi connectivity index (χ0n) is 11.1. The Kier molecular flexibility index (Phi) is 5.42. The van der Waals surface area contributed by atoms with E-state index in [1.165, 1.54) is 0 Å². The Balaban J connectivity index is 2.08. The van der Waals surface area contributed by atoms with Crippen LogP contribution in [0.1, 0.15) is 17.5 Å². The standard InChI is InChI=1S/C13H18N2O2S3/c14-13(18)12-4-2-11(3-5-12)10-20(16,17)15-6-1-8-19-9-7-15/h2-5H,1,6-10H2,(H2,14,18). The van der Waals surface area contributed by atoms with E-state index in [1.807, 2.05) is 11.8 Å². The molecule has 1 aliphatic heterocycles.